The lowest BCUT2D eigenvalue weighted by molar-refractivity contribution is -0.121. The SMILES string of the molecule is CCN1CCN(CCCCNC(=O)CC2CCCN2)CC1. The number of rotatable bonds is 8. The van der Waals surface area contributed by atoms with Gasteiger partial charge in [0.2, 0.25) is 5.91 Å². The average molecular weight is 296 g/mol. The van der Waals surface area contributed by atoms with Crippen LogP contribution < -0.4 is 10.6 Å². The second-order valence-electron chi connectivity index (χ2n) is 6.33. The fourth-order valence-corrected chi connectivity index (χ4v) is 3.24. The average Bonchev–Trinajstić information content (AvgIpc) is 3.00. The Bertz CT molecular complexity index is 297. The van der Waals surface area contributed by atoms with Crippen molar-refractivity contribution in [3.05, 3.63) is 0 Å². The van der Waals surface area contributed by atoms with Crippen molar-refractivity contribution < 1.29 is 4.79 Å². The van der Waals surface area contributed by atoms with Gasteiger partial charge in [-0.3, -0.25) is 4.79 Å². The minimum absolute atomic E-state index is 0.214. The summed E-state index contributed by atoms with van der Waals surface area (Å²) < 4.78 is 0. The highest BCUT2D eigenvalue weighted by molar-refractivity contribution is 5.76. The lowest BCUT2D eigenvalue weighted by Crippen LogP contribution is -2.46. The molecule has 21 heavy (non-hydrogen) atoms. The predicted molar refractivity (Wildman–Crippen MR) is 86.4 cm³/mol. The van der Waals surface area contributed by atoms with Gasteiger partial charge in [-0.1, -0.05) is 6.92 Å². The third-order valence-electron chi connectivity index (χ3n) is 4.73. The Hall–Kier alpha value is -0.650. The summed E-state index contributed by atoms with van der Waals surface area (Å²) in [5.74, 6) is 0.214. The molecule has 2 N–H and O–H groups in total. The van der Waals surface area contributed by atoms with Crippen molar-refractivity contribution in [1.29, 1.82) is 0 Å². The Morgan fingerprint density at radius 2 is 1.95 bits per heavy atom. The molecule has 0 aliphatic carbocycles. The lowest BCUT2D eigenvalue weighted by Gasteiger charge is -2.33. The van der Waals surface area contributed by atoms with Gasteiger partial charge in [0, 0.05) is 45.2 Å². The van der Waals surface area contributed by atoms with Gasteiger partial charge >= 0.3 is 0 Å². The summed E-state index contributed by atoms with van der Waals surface area (Å²) in [5.41, 5.74) is 0. The van der Waals surface area contributed by atoms with Crippen LogP contribution in [-0.4, -0.2) is 74.1 Å². The largest absolute Gasteiger partial charge is 0.356 e. The number of piperazine rings is 1. The van der Waals surface area contributed by atoms with Crippen LogP contribution in [-0.2, 0) is 4.79 Å². The van der Waals surface area contributed by atoms with Gasteiger partial charge < -0.3 is 20.4 Å². The van der Waals surface area contributed by atoms with E-state index >= 15 is 0 Å². The van der Waals surface area contributed by atoms with E-state index < -0.39 is 0 Å². The standard InChI is InChI=1S/C16H32N4O/c1-2-19-10-12-20(13-11-19)9-4-3-7-18-16(21)14-15-6-5-8-17-15/h15,17H,2-14H2,1H3,(H,18,21). The molecule has 5 heteroatoms. The van der Waals surface area contributed by atoms with Gasteiger partial charge in [0.15, 0.2) is 0 Å². The number of likely N-dealkylation sites (N-methyl/N-ethyl adjacent to an activating group) is 1. The molecule has 2 heterocycles. The molecule has 0 radical (unpaired) electrons. The van der Waals surface area contributed by atoms with Crippen molar-refractivity contribution >= 4 is 5.91 Å². The first-order valence-electron chi connectivity index (χ1n) is 8.72. The number of nitrogens with one attached hydrogen (secondary N) is 2. The number of unbranched alkanes of at least 4 members (excludes halogenated alkanes) is 1. The van der Waals surface area contributed by atoms with Crippen molar-refractivity contribution in [3.8, 4) is 0 Å². The minimum atomic E-state index is 0.214. The van der Waals surface area contributed by atoms with Crippen LogP contribution in [0.5, 0.6) is 0 Å². The van der Waals surface area contributed by atoms with Crippen LogP contribution in [0.15, 0.2) is 0 Å². The fourth-order valence-electron chi connectivity index (χ4n) is 3.24. The maximum absolute atomic E-state index is 11.8. The summed E-state index contributed by atoms with van der Waals surface area (Å²) in [5, 5.41) is 6.43. The number of amides is 1. The van der Waals surface area contributed by atoms with Gasteiger partial charge in [-0.2, -0.15) is 0 Å². The van der Waals surface area contributed by atoms with Gasteiger partial charge in [-0.25, -0.2) is 0 Å². The zero-order valence-corrected chi connectivity index (χ0v) is 13.6. The molecule has 0 aromatic carbocycles. The number of hydrogen-bond acceptors (Lipinski definition) is 4. The first-order valence-corrected chi connectivity index (χ1v) is 8.72. The van der Waals surface area contributed by atoms with Gasteiger partial charge in [0.05, 0.1) is 0 Å². The molecular formula is C16H32N4O. The first-order chi connectivity index (χ1) is 10.3. The van der Waals surface area contributed by atoms with Crippen LogP contribution in [0.2, 0.25) is 0 Å². The Labute approximate surface area is 129 Å². The van der Waals surface area contributed by atoms with Crippen LogP contribution in [0, 0.1) is 0 Å². The predicted octanol–water partition coefficient (Wildman–Crippen LogP) is 0.662. The minimum Gasteiger partial charge on any atom is -0.356 e. The van der Waals surface area contributed by atoms with Crippen LogP contribution in [0.3, 0.4) is 0 Å². The Balaban J connectivity index is 1.43. The highest BCUT2D eigenvalue weighted by Gasteiger charge is 2.17. The highest BCUT2D eigenvalue weighted by Crippen LogP contribution is 2.08. The molecule has 2 aliphatic heterocycles. The third-order valence-corrected chi connectivity index (χ3v) is 4.73. The zero-order valence-electron chi connectivity index (χ0n) is 13.6. The monoisotopic (exact) mass is 296 g/mol. The van der Waals surface area contributed by atoms with Gasteiger partial charge in [-0.15, -0.1) is 0 Å². The van der Waals surface area contributed by atoms with Gasteiger partial charge in [-0.05, 0) is 45.3 Å². The fraction of sp³-hybridized carbons (Fsp3) is 0.938. The van der Waals surface area contributed by atoms with E-state index in [4.69, 9.17) is 0 Å². The molecule has 0 spiro atoms. The smallest absolute Gasteiger partial charge is 0.221 e. The normalized spacial score (nSPS) is 24.3. The van der Waals surface area contributed by atoms with Crippen molar-refractivity contribution in [1.82, 2.24) is 20.4 Å². The maximum Gasteiger partial charge on any atom is 0.221 e. The van der Waals surface area contributed by atoms with Crippen LogP contribution in [0.1, 0.15) is 39.0 Å². The number of hydrogen-bond donors (Lipinski definition) is 2. The van der Waals surface area contributed by atoms with E-state index in [1.165, 1.54) is 52.1 Å². The van der Waals surface area contributed by atoms with E-state index in [2.05, 4.69) is 27.4 Å². The van der Waals surface area contributed by atoms with Gasteiger partial charge in [0.25, 0.3) is 0 Å². The molecule has 1 atom stereocenters. The summed E-state index contributed by atoms with van der Waals surface area (Å²) >= 11 is 0. The maximum atomic E-state index is 11.8. The summed E-state index contributed by atoms with van der Waals surface area (Å²) in [6, 6.07) is 0.417. The molecule has 2 fully saturated rings. The van der Waals surface area contributed by atoms with Crippen molar-refractivity contribution in [2.24, 2.45) is 0 Å². The van der Waals surface area contributed by atoms with Crippen LogP contribution >= 0.6 is 0 Å². The molecule has 5 nitrogen and oxygen atoms in total. The molecule has 0 aromatic heterocycles. The molecule has 2 rings (SSSR count). The molecule has 0 bridgehead atoms. The van der Waals surface area contributed by atoms with E-state index in [0.717, 1.165) is 25.9 Å². The van der Waals surface area contributed by atoms with Crippen LogP contribution in [0.4, 0.5) is 0 Å². The third kappa shape index (κ3) is 6.32. The van der Waals surface area contributed by atoms with Crippen molar-refractivity contribution in [3.63, 3.8) is 0 Å². The first kappa shape index (κ1) is 16.7. The Morgan fingerprint density at radius 3 is 2.62 bits per heavy atom. The van der Waals surface area contributed by atoms with E-state index in [1.54, 1.807) is 0 Å². The molecule has 0 aromatic rings. The van der Waals surface area contributed by atoms with Gasteiger partial charge in [0.1, 0.15) is 0 Å². The summed E-state index contributed by atoms with van der Waals surface area (Å²) in [6.07, 6.45) is 5.30. The van der Waals surface area contributed by atoms with Crippen molar-refractivity contribution in [2.75, 3.05) is 52.4 Å². The second kappa shape index (κ2) is 9.38. The van der Waals surface area contributed by atoms with Crippen molar-refractivity contribution in [2.45, 2.75) is 45.1 Å². The number of nitrogens with zero attached hydrogens (tertiary/aromatic N) is 2. The van der Waals surface area contributed by atoms with E-state index in [-0.39, 0.29) is 5.91 Å². The number of carbonyl (C=O) groups is 1. The lowest BCUT2D eigenvalue weighted by atomic mass is 10.1. The molecule has 2 aliphatic rings. The van der Waals surface area contributed by atoms with E-state index in [1.807, 2.05) is 0 Å². The Kier molecular flexibility index (Phi) is 7.47. The molecule has 122 valence electrons. The molecule has 0 saturated carbocycles. The zero-order chi connectivity index (χ0) is 14.9. The second-order valence-corrected chi connectivity index (χ2v) is 6.33. The van der Waals surface area contributed by atoms with E-state index in [9.17, 15) is 4.79 Å². The summed E-state index contributed by atoms with van der Waals surface area (Å²) in [7, 11) is 0. The molecule has 1 unspecified atom stereocenters. The molecule has 1 amide bonds. The van der Waals surface area contributed by atoms with Crippen LogP contribution in [0.25, 0.3) is 0 Å². The highest BCUT2D eigenvalue weighted by atomic mass is 16.1. The van der Waals surface area contributed by atoms with E-state index in [0.29, 0.717) is 12.5 Å². The number of carbonyl (C=O) groups excluding carboxylic acids is 1. The summed E-state index contributed by atoms with van der Waals surface area (Å²) in [6.45, 7) is 11.3. The molecular weight excluding hydrogens is 264 g/mol. The topological polar surface area (TPSA) is 47.6 Å². The molecule has 2 saturated heterocycles. The summed E-state index contributed by atoms with van der Waals surface area (Å²) in [4.78, 5) is 16.8. The Morgan fingerprint density at radius 1 is 1.19 bits per heavy atom. The quantitative estimate of drug-likeness (QED) is 0.646.